The minimum Gasteiger partial charge on any atom is -0.356 e. The molecule has 1 N–H and O–H groups in total. The van der Waals surface area contributed by atoms with Crippen molar-refractivity contribution in [2.75, 3.05) is 6.54 Å². The molecule has 0 aliphatic rings. The fourth-order valence-electron chi connectivity index (χ4n) is 0.998. The number of hydrogen-bond donors (Lipinski definition) is 1. The van der Waals surface area contributed by atoms with Crippen molar-refractivity contribution in [1.82, 2.24) is 5.32 Å². The molecule has 66 valence electrons. The summed E-state index contributed by atoms with van der Waals surface area (Å²) in [6.07, 6.45) is 5.41. The molecule has 0 aliphatic carbocycles. The highest BCUT2D eigenvalue weighted by Crippen LogP contribution is 2.01. The molecule has 2 heteroatoms. The maximum absolute atomic E-state index is 10.9. The van der Waals surface area contributed by atoms with Crippen LogP contribution in [0.4, 0.5) is 0 Å². The minimum atomic E-state index is 0.198. The van der Waals surface area contributed by atoms with Crippen molar-refractivity contribution >= 4 is 5.91 Å². The van der Waals surface area contributed by atoms with Gasteiger partial charge in [0.05, 0.1) is 0 Å². The Hall–Kier alpha value is -0.530. The quantitative estimate of drug-likeness (QED) is 0.588. The summed E-state index contributed by atoms with van der Waals surface area (Å²) in [4.78, 5) is 10.9. The predicted molar refractivity (Wildman–Crippen MR) is 47.4 cm³/mol. The van der Waals surface area contributed by atoms with Gasteiger partial charge in [-0.15, -0.1) is 0 Å². The first kappa shape index (κ1) is 10.5. The van der Waals surface area contributed by atoms with Gasteiger partial charge >= 0.3 is 0 Å². The molecular weight excluding hydrogens is 138 g/mol. The third-order valence-corrected chi connectivity index (χ3v) is 1.63. The maximum Gasteiger partial charge on any atom is 0.219 e. The van der Waals surface area contributed by atoms with Crippen molar-refractivity contribution in [3.8, 4) is 0 Å². The number of nitrogens with one attached hydrogen (secondary N) is 1. The van der Waals surface area contributed by atoms with Crippen LogP contribution in [0.1, 0.15) is 46.0 Å². The van der Waals surface area contributed by atoms with Crippen molar-refractivity contribution in [2.24, 2.45) is 0 Å². The minimum absolute atomic E-state index is 0.198. The van der Waals surface area contributed by atoms with Gasteiger partial charge in [0, 0.05) is 13.0 Å². The van der Waals surface area contributed by atoms with E-state index >= 15 is 0 Å². The molecule has 0 rings (SSSR count). The summed E-state index contributed by atoms with van der Waals surface area (Å²) in [5.74, 6) is 0.198. The summed E-state index contributed by atoms with van der Waals surface area (Å²) in [5, 5.41) is 2.78. The van der Waals surface area contributed by atoms with E-state index < -0.39 is 0 Å². The lowest BCUT2D eigenvalue weighted by atomic mass is 10.1. The van der Waals surface area contributed by atoms with E-state index in [4.69, 9.17) is 0 Å². The standard InChI is InChI=1S/C9H19NO/c1-3-5-6-7-8-9(11)10-4-2/h3-8H2,1-2H3,(H,10,11). The van der Waals surface area contributed by atoms with E-state index in [2.05, 4.69) is 12.2 Å². The zero-order valence-corrected chi connectivity index (χ0v) is 7.65. The van der Waals surface area contributed by atoms with Gasteiger partial charge in [0.1, 0.15) is 0 Å². The fourth-order valence-corrected chi connectivity index (χ4v) is 0.998. The van der Waals surface area contributed by atoms with Crippen LogP contribution in [0.25, 0.3) is 0 Å². The molecule has 0 saturated heterocycles. The SMILES string of the molecule is CCCCCCC(=O)NCC. The van der Waals surface area contributed by atoms with Crippen LogP contribution in [0.3, 0.4) is 0 Å². The molecule has 0 aromatic heterocycles. The molecule has 0 saturated carbocycles. The normalized spacial score (nSPS) is 9.64. The summed E-state index contributed by atoms with van der Waals surface area (Å²) in [5.41, 5.74) is 0. The molecule has 0 fully saturated rings. The number of carbonyl (C=O) groups excluding carboxylic acids is 1. The smallest absolute Gasteiger partial charge is 0.219 e. The van der Waals surface area contributed by atoms with Gasteiger partial charge < -0.3 is 5.32 Å². The summed E-state index contributed by atoms with van der Waals surface area (Å²) < 4.78 is 0. The van der Waals surface area contributed by atoms with Gasteiger partial charge in [0.2, 0.25) is 5.91 Å². The second-order valence-electron chi connectivity index (χ2n) is 2.76. The highest BCUT2D eigenvalue weighted by molar-refractivity contribution is 5.75. The van der Waals surface area contributed by atoms with Gasteiger partial charge in [-0.2, -0.15) is 0 Å². The average Bonchev–Trinajstić information content (AvgIpc) is 1.99. The molecule has 1 amide bonds. The molecule has 0 heterocycles. The van der Waals surface area contributed by atoms with Crippen LogP contribution in [0.15, 0.2) is 0 Å². The Morgan fingerprint density at radius 2 is 1.91 bits per heavy atom. The number of hydrogen-bond acceptors (Lipinski definition) is 1. The van der Waals surface area contributed by atoms with Crippen LogP contribution in [-0.2, 0) is 4.79 Å². The highest BCUT2D eigenvalue weighted by Gasteiger charge is 1.96. The number of rotatable bonds is 6. The van der Waals surface area contributed by atoms with E-state index in [-0.39, 0.29) is 5.91 Å². The lowest BCUT2D eigenvalue weighted by molar-refractivity contribution is -0.121. The van der Waals surface area contributed by atoms with Crippen molar-refractivity contribution in [3.63, 3.8) is 0 Å². The third kappa shape index (κ3) is 7.37. The molecule has 0 radical (unpaired) electrons. The second kappa shape index (κ2) is 7.58. The summed E-state index contributed by atoms with van der Waals surface area (Å²) in [7, 11) is 0. The van der Waals surface area contributed by atoms with Gasteiger partial charge in [-0.05, 0) is 13.3 Å². The van der Waals surface area contributed by atoms with Crippen LogP contribution in [0.5, 0.6) is 0 Å². The largest absolute Gasteiger partial charge is 0.356 e. The van der Waals surface area contributed by atoms with E-state index in [0.717, 1.165) is 13.0 Å². The predicted octanol–water partition coefficient (Wildman–Crippen LogP) is 2.09. The number of carbonyl (C=O) groups is 1. The van der Waals surface area contributed by atoms with Crippen LogP contribution in [-0.4, -0.2) is 12.5 Å². The lowest BCUT2D eigenvalue weighted by Gasteiger charge is -2.00. The van der Waals surface area contributed by atoms with E-state index in [1.807, 2.05) is 6.92 Å². The molecule has 11 heavy (non-hydrogen) atoms. The van der Waals surface area contributed by atoms with Gasteiger partial charge in [0.25, 0.3) is 0 Å². The highest BCUT2D eigenvalue weighted by atomic mass is 16.1. The first-order chi connectivity index (χ1) is 5.31. The Kier molecular flexibility index (Phi) is 7.21. The summed E-state index contributed by atoms with van der Waals surface area (Å²) >= 11 is 0. The van der Waals surface area contributed by atoms with Crippen molar-refractivity contribution in [2.45, 2.75) is 46.0 Å². The Bertz CT molecular complexity index is 102. The van der Waals surface area contributed by atoms with E-state index in [0.29, 0.717) is 6.42 Å². The monoisotopic (exact) mass is 157 g/mol. The lowest BCUT2D eigenvalue weighted by Crippen LogP contribution is -2.21. The Balaban J connectivity index is 3.04. The first-order valence-corrected chi connectivity index (χ1v) is 4.58. The van der Waals surface area contributed by atoms with Gasteiger partial charge in [-0.3, -0.25) is 4.79 Å². The maximum atomic E-state index is 10.9. The summed E-state index contributed by atoms with van der Waals surface area (Å²) in [6.45, 7) is 4.88. The molecule has 0 bridgehead atoms. The third-order valence-electron chi connectivity index (χ3n) is 1.63. The molecule has 0 unspecified atom stereocenters. The fraction of sp³-hybridized carbons (Fsp3) is 0.889. The van der Waals surface area contributed by atoms with Crippen LogP contribution in [0, 0.1) is 0 Å². The average molecular weight is 157 g/mol. The number of unbranched alkanes of at least 4 members (excludes halogenated alkanes) is 3. The zero-order valence-electron chi connectivity index (χ0n) is 7.65. The van der Waals surface area contributed by atoms with Gasteiger partial charge in [0.15, 0.2) is 0 Å². The van der Waals surface area contributed by atoms with E-state index in [1.165, 1.54) is 19.3 Å². The molecule has 0 aromatic rings. The number of amides is 1. The topological polar surface area (TPSA) is 29.1 Å². The molecule has 0 aliphatic heterocycles. The second-order valence-corrected chi connectivity index (χ2v) is 2.76. The van der Waals surface area contributed by atoms with Gasteiger partial charge in [-0.25, -0.2) is 0 Å². The van der Waals surface area contributed by atoms with Crippen LogP contribution >= 0.6 is 0 Å². The van der Waals surface area contributed by atoms with E-state index in [9.17, 15) is 4.79 Å². The van der Waals surface area contributed by atoms with E-state index in [1.54, 1.807) is 0 Å². The Morgan fingerprint density at radius 3 is 2.45 bits per heavy atom. The molecule has 0 spiro atoms. The first-order valence-electron chi connectivity index (χ1n) is 4.58. The van der Waals surface area contributed by atoms with Crippen LogP contribution < -0.4 is 5.32 Å². The molecule has 0 atom stereocenters. The van der Waals surface area contributed by atoms with Gasteiger partial charge in [-0.1, -0.05) is 26.2 Å². The molecular formula is C9H19NO. The molecule has 2 nitrogen and oxygen atoms in total. The van der Waals surface area contributed by atoms with Crippen LogP contribution in [0.2, 0.25) is 0 Å². The van der Waals surface area contributed by atoms with Crippen molar-refractivity contribution in [3.05, 3.63) is 0 Å². The Morgan fingerprint density at radius 1 is 1.18 bits per heavy atom. The summed E-state index contributed by atoms with van der Waals surface area (Å²) in [6, 6.07) is 0. The zero-order chi connectivity index (χ0) is 8.53. The van der Waals surface area contributed by atoms with Crippen molar-refractivity contribution in [1.29, 1.82) is 0 Å². The Labute approximate surface area is 69.4 Å². The van der Waals surface area contributed by atoms with Crippen molar-refractivity contribution < 1.29 is 4.79 Å². The molecule has 0 aromatic carbocycles.